The molecule has 3 aromatic rings. The third-order valence-corrected chi connectivity index (χ3v) is 3.88. The first kappa shape index (κ1) is 19.3. The van der Waals surface area contributed by atoms with Gasteiger partial charge in [0.25, 0.3) is 0 Å². The second-order valence-electron chi connectivity index (χ2n) is 6.00. The summed E-state index contributed by atoms with van der Waals surface area (Å²) < 4.78 is 4.95. The van der Waals surface area contributed by atoms with E-state index >= 15 is 0 Å². The largest absolute Gasteiger partial charge is 0.466 e. The normalized spacial score (nSPS) is 10.3. The van der Waals surface area contributed by atoms with Crippen molar-refractivity contribution in [3.8, 4) is 11.5 Å². The van der Waals surface area contributed by atoms with Crippen molar-refractivity contribution in [1.29, 1.82) is 0 Å². The summed E-state index contributed by atoms with van der Waals surface area (Å²) in [6, 6.07) is 17.5. The summed E-state index contributed by atoms with van der Waals surface area (Å²) in [6.45, 7) is 3.24. The van der Waals surface area contributed by atoms with Crippen molar-refractivity contribution in [1.82, 2.24) is 15.0 Å². The Kier molecular flexibility index (Phi) is 6.89. The highest BCUT2D eigenvalue weighted by Gasteiger charge is 2.09. The molecule has 0 saturated carbocycles. The lowest BCUT2D eigenvalue weighted by Gasteiger charge is -2.11. The summed E-state index contributed by atoms with van der Waals surface area (Å²) in [5.74, 6) is 1.57. The van der Waals surface area contributed by atoms with Crippen LogP contribution in [-0.2, 0) is 16.1 Å². The van der Waals surface area contributed by atoms with E-state index in [2.05, 4.69) is 25.6 Å². The van der Waals surface area contributed by atoms with Crippen LogP contribution in [0.3, 0.4) is 0 Å². The SMILES string of the molecule is CCOC(=O)CCNc1cc(NCc2ccccc2)nc(-c2ccccn2)n1. The van der Waals surface area contributed by atoms with E-state index < -0.39 is 0 Å². The molecule has 2 aromatic heterocycles. The zero-order valence-corrected chi connectivity index (χ0v) is 15.8. The van der Waals surface area contributed by atoms with Crippen LogP contribution < -0.4 is 10.6 Å². The number of rotatable bonds is 9. The Morgan fingerprint density at radius 3 is 2.46 bits per heavy atom. The topological polar surface area (TPSA) is 89.0 Å². The molecule has 0 fully saturated rings. The van der Waals surface area contributed by atoms with Gasteiger partial charge in [-0.15, -0.1) is 0 Å². The average molecular weight is 377 g/mol. The molecule has 2 heterocycles. The molecule has 0 bridgehead atoms. The van der Waals surface area contributed by atoms with Crippen molar-refractivity contribution in [3.63, 3.8) is 0 Å². The molecule has 7 nitrogen and oxygen atoms in total. The first-order valence-corrected chi connectivity index (χ1v) is 9.22. The molecule has 2 N–H and O–H groups in total. The number of aromatic nitrogens is 3. The van der Waals surface area contributed by atoms with E-state index in [4.69, 9.17) is 4.74 Å². The molecule has 0 aliphatic carbocycles. The van der Waals surface area contributed by atoms with Crippen LogP contribution in [0.25, 0.3) is 11.5 Å². The molecule has 0 radical (unpaired) electrons. The molecule has 0 aliphatic rings. The summed E-state index contributed by atoms with van der Waals surface area (Å²) in [4.78, 5) is 25.0. The maximum absolute atomic E-state index is 11.5. The fraction of sp³-hybridized carbons (Fsp3) is 0.238. The van der Waals surface area contributed by atoms with Crippen LogP contribution in [0, 0.1) is 0 Å². The Labute approximate surface area is 164 Å². The number of nitrogens with one attached hydrogen (secondary N) is 2. The zero-order valence-electron chi connectivity index (χ0n) is 15.8. The zero-order chi connectivity index (χ0) is 19.6. The molecule has 0 aliphatic heterocycles. The molecule has 144 valence electrons. The minimum absolute atomic E-state index is 0.239. The van der Waals surface area contributed by atoms with E-state index in [0.29, 0.717) is 42.9 Å². The van der Waals surface area contributed by atoms with Crippen molar-refractivity contribution in [2.75, 3.05) is 23.8 Å². The Morgan fingerprint density at radius 1 is 1.00 bits per heavy atom. The molecule has 0 amide bonds. The van der Waals surface area contributed by atoms with E-state index in [9.17, 15) is 4.79 Å². The van der Waals surface area contributed by atoms with Gasteiger partial charge in [-0.1, -0.05) is 36.4 Å². The predicted molar refractivity (Wildman–Crippen MR) is 109 cm³/mol. The van der Waals surface area contributed by atoms with Crippen LogP contribution in [0.1, 0.15) is 18.9 Å². The number of esters is 1. The van der Waals surface area contributed by atoms with Gasteiger partial charge in [-0.3, -0.25) is 9.78 Å². The second-order valence-corrected chi connectivity index (χ2v) is 6.00. The number of carbonyl (C=O) groups excluding carboxylic acids is 1. The molecule has 0 saturated heterocycles. The molecule has 7 heteroatoms. The summed E-state index contributed by atoms with van der Waals surface area (Å²) in [5, 5.41) is 6.48. The fourth-order valence-electron chi connectivity index (χ4n) is 2.55. The highest BCUT2D eigenvalue weighted by Crippen LogP contribution is 2.19. The minimum Gasteiger partial charge on any atom is -0.466 e. The van der Waals surface area contributed by atoms with Crippen LogP contribution in [0.4, 0.5) is 11.6 Å². The van der Waals surface area contributed by atoms with Crippen LogP contribution in [0.2, 0.25) is 0 Å². The maximum atomic E-state index is 11.5. The van der Waals surface area contributed by atoms with Crippen molar-refractivity contribution < 1.29 is 9.53 Å². The predicted octanol–water partition coefficient (Wildman–Crippen LogP) is 3.52. The molecular weight excluding hydrogens is 354 g/mol. The van der Waals surface area contributed by atoms with Crippen LogP contribution in [-0.4, -0.2) is 34.1 Å². The van der Waals surface area contributed by atoms with Crippen LogP contribution >= 0.6 is 0 Å². The average Bonchev–Trinajstić information content (AvgIpc) is 2.74. The van der Waals surface area contributed by atoms with Gasteiger partial charge in [0, 0.05) is 25.4 Å². The number of benzene rings is 1. The molecule has 0 unspecified atom stereocenters. The van der Waals surface area contributed by atoms with Gasteiger partial charge in [-0.2, -0.15) is 0 Å². The van der Waals surface area contributed by atoms with Gasteiger partial charge in [0.2, 0.25) is 0 Å². The molecule has 0 spiro atoms. The van der Waals surface area contributed by atoms with E-state index in [1.807, 2.05) is 54.6 Å². The van der Waals surface area contributed by atoms with E-state index in [1.54, 1.807) is 13.1 Å². The van der Waals surface area contributed by atoms with Crippen LogP contribution in [0.5, 0.6) is 0 Å². The lowest BCUT2D eigenvalue weighted by molar-refractivity contribution is -0.142. The van der Waals surface area contributed by atoms with Gasteiger partial charge >= 0.3 is 5.97 Å². The molecule has 1 aromatic carbocycles. The lowest BCUT2D eigenvalue weighted by Crippen LogP contribution is -2.13. The number of hydrogen-bond donors (Lipinski definition) is 2. The Morgan fingerprint density at radius 2 is 1.75 bits per heavy atom. The molecule has 28 heavy (non-hydrogen) atoms. The van der Waals surface area contributed by atoms with E-state index in [1.165, 1.54) is 0 Å². The van der Waals surface area contributed by atoms with Gasteiger partial charge in [0.1, 0.15) is 17.3 Å². The van der Waals surface area contributed by atoms with E-state index in [-0.39, 0.29) is 12.4 Å². The van der Waals surface area contributed by atoms with Crippen molar-refractivity contribution in [2.24, 2.45) is 0 Å². The smallest absolute Gasteiger partial charge is 0.307 e. The maximum Gasteiger partial charge on any atom is 0.307 e. The van der Waals surface area contributed by atoms with Gasteiger partial charge in [-0.25, -0.2) is 9.97 Å². The van der Waals surface area contributed by atoms with Crippen molar-refractivity contribution in [3.05, 3.63) is 66.4 Å². The van der Waals surface area contributed by atoms with Crippen molar-refractivity contribution >= 4 is 17.6 Å². The molecular formula is C21H23N5O2. The molecule has 0 atom stereocenters. The minimum atomic E-state index is -0.239. The lowest BCUT2D eigenvalue weighted by atomic mass is 10.2. The van der Waals surface area contributed by atoms with Gasteiger partial charge < -0.3 is 15.4 Å². The highest BCUT2D eigenvalue weighted by atomic mass is 16.5. The second kappa shape index (κ2) is 10.0. The quantitative estimate of drug-likeness (QED) is 0.552. The fourth-order valence-corrected chi connectivity index (χ4v) is 2.55. The molecule has 3 rings (SSSR count). The number of pyridine rings is 1. The first-order chi connectivity index (χ1) is 13.7. The monoisotopic (exact) mass is 377 g/mol. The summed E-state index contributed by atoms with van der Waals surface area (Å²) in [5.41, 5.74) is 1.83. The highest BCUT2D eigenvalue weighted by molar-refractivity contribution is 5.70. The number of ether oxygens (including phenoxy) is 1. The third kappa shape index (κ3) is 5.77. The Bertz CT molecular complexity index is 888. The van der Waals surface area contributed by atoms with Gasteiger partial charge in [0.15, 0.2) is 5.82 Å². The summed E-state index contributed by atoms with van der Waals surface area (Å²) in [7, 11) is 0. The Hall–Kier alpha value is -3.48. The third-order valence-electron chi connectivity index (χ3n) is 3.88. The van der Waals surface area contributed by atoms with Gasteiger partial charge in [-0.05, 0) is 24.6 Å². The standard InChI is InChI=1S/C21H23N5O2/c1-2-28-20(27)11-13-23-18-14-19(24-15-16-8-4-3-5-9-16)26-21(25-18)17-10-6-7-12-22-17/h3-10,12,14H,2,11,13,15H2,1H3,(H2,23,24,25,26). The summed E-state index contributed by atoms with van der Waals surface area (Å²) >= 11 is 0. The van der Waals surface area contributed by atoms with Gasteiger partial charge in [0.05, 0.1) is 13.0 Å². The Balaban J connectivity index is 1.75. The first-order valence-electron chi connectivity index (χ1n) is 9.22. The number of carbonyl (C=O) groups is 1. The number of hydrogen-bond acceptors (Lipinski definition) is 7. The summed E-state index contributed by atoms with van der Waals surface area (Å²) in [6.07, 6.45) is 1.97. The van der Waals surface area contributed by atoms with E-state index in [0.717, 1.165) is 5.56 Å². The number of nitrogens with zero attached hydrogens (tertiary/aromatic N) is 3. The van der Waals surface area contributed by atoms with Crippen LogP contribution in [0.15, 0.2) is 60.8 Å². The number of anilines is 2. The van der Waals surface area contributed by atoms with Crippen molar-refractivity contribution in [2.45, 2.75) is 19.9 Å².